The molecule has 0 aliphatic rings. The predicted octanol–water partition coefficient (Wildman–Crippen LogP) is 4.99. The van der Waals surface area contributed by atoms with Gasteiger partial charge in [-0.15, -0.1) is 0 Å². The smallest absolute Gasteiger partial charge is 0.342 e. The molecule has 4 aromatic rings. The van der Waals surface area contributed by atoms with Crippen LogP contribution in [0.25, 0.3) is 10.9 Å². The number of esters is 2. The minimum Gasteiger partial charge on any atom is -0.495 e. The lowest BCUT2D eigenvalue weighted by atomic mass is 9.98. The number of nitrogens with zero attached hydrogens (tertiary/aromatic N) is 1. The number of hydrogen-bond acceptors (Lipinski definition) is 7. The second-order valence-corrected chi connectivity index (χ2v) is 7.31. The molecule has 34 heavy (non-hydrogen) atoms. The molecule has 0 atom stereocenters. The highest BCUT2D eigenvalue weighted by atomic mass is 16.5. The van der Waals surface area contributed by atoms with Crippen LogP contribution < -0.4 is 9.47 Å². The number of ether oxygens (including phenoxy) is 4. The van der Waals surface area contributed by atoms with Crippen molar-refractivity contribution in [3.05, 3.63) is 101 Å². The molecule has 0 amide bonds. The van der Waals surface area contributed by atoms with E-state index in [1.807, 2.05) is 60.7 Å². The summed E-state index contributed by atoms with van der Waals surface area (Å²) < 4.78 is 22.1. The zero-order chi connectivity index (χ0) is 24.1. The molecule has 4 rings (SSSR count). The molecule has 0 aliphatic heterocycles. The maximum Gasteiger partial charge on any atom is 0.342 e. The molecule has 0 spiro atoms. The molecule has 0 aliphatic carbocycles. The average Bonchev–Trinajstić information content (AvgIpc) is 2.91. The summed E-state index contributed by atoms with van der Waals surface area (Å²) in [6, 6.07) is 22.6. The van der Waals surface area contributed by atoms with Gasteiger partial charge in [-0.25, -0.2) is 9.59 Å². The van der Waals surface area contributed by atoms with Crippen LogP contribution in [-0.2, 0) is 9.47 Å². The lowest BCUT2D eigenvalue weighted by molar-refractivity contribution is 0.0547. The van der Waals surface area contributed by atoms with Crippen molar-refractivity contribution in [2.24, 2.45) is 0 Å². The van der Waals surface area contributed by atoms with Crippen molar-refractivity contribution in [1.29, 1.82) is 0 Å². The van der Waals surface area contributed by atoms with Crippen LogP contribution >= 0.6 is 0 Å². The Morgan fingerprint density at radius 2 is 1.24 bits per heavy atom. The minimum atomic E-state index is -0.777. The number of benzene rings is 3. The van der Waals surface area contributed by atoms with Gasteiger partial charge >= 0.3 is 11.9 Å². The van der Waals surface area contributed by atoms with Crippen LogP contribution in [0, 0.1) is 0 Å². The Hall–Kier alpha value is -4.39. The lowest BCUT2D eigenvalue weighted by Crippen LogP contribution is -2.18. The molecule has 7 heteroatoms. The van der Waals surface area contributed by atoms with Crippen LogP contribution in [0.4, 0.5) is 0 Å². The van der Waals surface area contributed by atoms with E-state index in [0.29, 0.717) is 10.9 Å². The number of methoxy groups -OCH3 is 3. The van der Waals surface area contributed by atoms with Crippen molar-refractivity contribution in [3.63, 3.8) is 0 Å². The van der Waals surface area contributed by atoms with Crippen LogP contribution in [0.2, 0.25) is 0 Å². The molecule has 0 radical (unpaired) electrons. The summed E-state index contributed by atoms with van der Waals surface area (Å²) in [4.78, 5) is 30.4. The molecule has 0 fully saturated rings. The molecule has 1 heterocycles. The molecular weight excluding hydrogens is 434 g/mol. The van der Waals surface area contributed by atoms with E-state index < -0.39 is 18.0 Å². The average molecular weight is 457 g/mol. The van der Waals surface area contributed by atoms with Gasteiger partial charge in [0.1, 0.15) is 28.5 Å². The molecule has 0 N–H and O–H groups in total. The van der Waals surface area contributed by atoms with Gasteiger partial charge in [0.25, 0.3) is 0 Å². The summed E-state index contributed by atoms with van der Waals surface area (Å²) in [6.45, 7) is 0. The Kier molecular flexibility index (Phi) is 6.73. The molecule has 172 valence electrons. The number of rotatable bonds is 7. The van der Waals surface area contributed by atoms with Gasteiger partial charge in [-0.1, -0.05) is 60.7 Å². The SMILES string of the molecule is COC(=O)c1c(C(=O)OC)c(OC(c2ccccc2)c2ccccc2)c2ncccc2c1OC. The molecule has 0 saturated carbocycles. The predicted molar refractivity (Wildman–Crippen MR) is 126 cm³/mol. The zero-order valence-corrected chi connectivity index (χ0v) is 19.0. The third-order valence-electron chi connectivity index (χ3n) is 5.40. The second kappa shape index (κ2) is 10.0. The van der Waals surface area contributed by atoms with E-state index in [2.05, 4.69) is 4.98 Å². The Morgan fingerprint density at radius 3 is 1.74 bits per heavy atom. The Balaban J connectivity index is 2.06. The van der Waals surface area contributed by atoms with Crippen LogP contribution in [-0.4, -0.2) is 38.3 Å². The first-order chi connectivity index (χ1) is 16.6. The highest BCUT2D eigenvalue weighted by Gasteiger charge is 2.33. The van der Waals surface area contributed by atoms with Crippen molar-refractivity contribution < 1.29 is 28.5 Å². The topological polar surface area (TPSA) is 84.0 Å². The van der Waals surface area contributed by atoms with Gasteiger partial charge in [-0.2, -0.15) is 0 Å². The maximum atomic E-state index is 13.0. The summed E-state index contributed by atoms with van der Waals surface area (Å²) in [7, 11) is 3.87. The number of carbonyl (C=O) groups is 2. The van der Waals surface area contributed by atoms with E-state index in [4.69, 9.17) is 18.9 Å². The molecule has 7 nitrogen and oxygen atoms in total. The quantitative estimate of drug-likeness (QED) is 0.362. The molecular formula is C27H23NO6. The number of pyridine rings is 1. The maximum absolute atomic E-state index is 13.0. The van der Waals surface area contributed by atoms with Crippen molar-refractivity contribution in [2.45, 2.75) is 6.10 Å². The fourth-order valence-electron chi connectivity index (χ4n) is 3.87. The van der Waals surface area contributed by atoms with Gasteiger partial charge in [-0.05, 0) is 23.3 Å². The van der Waals surface area contributed by atoms with Crippen molar-refractivity contribution in [3.8, 4) is 11.5 Å². The summed E-state index contributed by atoms with van der Waals surface area (Å²) in [5, 5.41) is 0.493. The largest absolute Gasteiger partial charge is 0.495 e. The van der Waals surface area contributed by atoms with E-state index in [-0.39, 0.29) is 22.6 Å². The first-order valence-corrected chi connectivity index (χ1v) is 10.5. The monoisotopic (exact) mass is 457 g/mol. The minimum absolute atomic E-state index is 0.0905. The Morgan fingerprint density at radius 1 is 0.706 bits per heavy atom. The van der Waals surface area contributed by atoms with E-state index >= 15 is 0 Å². The Labute approximate surface area is 196 Å². The van der Waals surface area contributed by atoms with E-state index in [1.165, 1.54) is 21.3 Å². The number of carbonyl (C=O) groups excluding carboxylic acids is 2. The highest BCUT2D eigenvalue weighted by molar-refractivity contribution is 6.13. The summed E-state index contributed by atoms with van der Waals surface area (Å²) in [5.74, 6) is -1.29. The first-order valence-electron chi connectivity index (χ1n) is 10.5. The summed E-state index contributed by atoms with van der Waals surface area (Å²) in [5.41, 5.74) is 1.85. The van der Waals surface area contributed by atoms with Crippen molar-refractivity contribution in [1.82, 2.24) is 4.98 Å². The van der Waals surface area contributed by atoms with E-state index in [9.17, 15) is 9.59 Å². The number of fused-ring (bicyclic) bond motifs is 1. The molecule has 0 unspecified atom stereocenters. The molecule has 0 saturated heterocycles. The van der Waals surface area contributed by atoms with Gasteiger partial charge in [0.15, 0.2) is 5.75 Å². The Bertz CT molecular complexity index is 1280. The third-order valence-corrected chi connectivity index (χ3v) is 5.40. The van der Waals surface area contributed by atoms with E-state index in [0.717, 1.165) is 11.1 Å². The van der Waals surface area contributed by atoms with Crippen LogP contribution in [0.5, 0.6) is 11.5 Å². The highest BCUT2D eigenvalue weighted by Crippen LogP contribution is 2.43. The van der Waals surface area contributed by atoms with Gasteiger partial charge in [0.2, 0.25) is 0 Å². The second-order valence-electron chi connectivity index (χ2n) is 7.31. The van der Waals surface area contributed by atoms with Gasteiger partial charge in [0, 0.05) is 11.6 Å². The molecule has 0 bridgehead atoms. The number of aromatic nitrogens is 1. The van der Waals surface area contributed by atoms with Crippen LogP contribution in [0.15, 0.2) is 79.0 Å². The van der Waals surface area contributed by atoms with E-state index in [1.54, 1.807) is 18.3 Å². The zero-order valence-electron chi connectivity index (χ0n) is 19.0. The molecule has 3 aromatic carbocycles. The first kappa shape index (κ1) is 22.8. The van der Waals surface area contributed by atoms with Crippen LogP contribution in [0.3, 0.4) is 0 Å². The van der Waals surface area contributed by atoms with Gasteiger partial charge < -0.3 is 18.9 Å². The van der Waals surface area contributed by atoms with Gasteiger partial charge in [-0.3, -0.25) is 4.98 Å². The summed E-state index contributed by atoms with van der Waals surface area (Å²) >= 11 is 0. The normalized spacial score (nSPS) is 10.7. The standard InChI is InChI=1S/C27H23NO6/c1-31-24-19-15-10-16-28-22(19)25(21(27(30)33-3)20(24)26(29)32-2)34-23(17-11-6-4-7-12-17)18-13-8-5-9-14-18/h4-16,23H,1-3H3. The summed E-state index contributed by atoms with van der Waals surface area (Å²) in [6.07, 6.45) is 0.975. The molecule has 1 aromatic heterocycles. The van der Waals surface area contributed by atoms with Gasteiger partial charge in [0.05, 0.1) is 21.3 Å². The van der Waals surface area contributed by atoms with Crippen molar-refractivity contribution >= 4 is 22.8 Å². The van der Waals surface area contributed by atoms with Crippen molar-refractivity contribution in [2.75, 3.05) is 21.3 Å². The third kappa shape index (κ3) is 4.15. The number of hydrogen-bond donors (Lipinski definition) is 0. The van der Waals surface area contributed by atoms with Crippen LogP contribution in [0.1, 0.15) is 37.9 Å². The fraction of sp³-hybridized carbons (Fsp3) is 0.148. The fourth-order valence-corrected chi connectivity index (χ4v) is 3.87. The lowest BCUT2D eigenvalue weighted by Gasteiger charge is -2.24.